The number of hydrogen-bond acceptors (Lipinski definition) is 4. The Hall–Kier alpha value is -6.42. The summed E-state index contributed by atoms with van der Waals surface area (Å²) >= 11 is 0. The molecule has 10 rings (SSSR count). The average Bonchev–Trinajstić information content (AvgIpc) is 3.80. The Kier molecular flexibility index (Phi) is 10.2. The van der Waals surface area contributed by atoms with Crippen LogP contribution in [-0.2, 0) is 26.5 Å². The maximum atomic E-state index is 6.60. The van der Waals surface area contributed by atoms with Crippen molar-refractivity contribution in [3.05, 3.63) is 199 Å². The normalized spacial score (nSPS) is 12.5. The van der Waals surface area contributed by atoms with Crippen molar-refractivity contribution in [3.63, 3.8) is 0 Å². The Morgan fingerprint density at radius 1 is 0.567 bits per heavy atom. The monoisotopic (exact) mass is 958 g/mol. The van der Waals surface area contributed by atoms with Crippen molar-refractivity contribution in [2.45, 2.75) is 40.0 Å². The molecular formula is C54H43N4OPt-3. The molecule has 6 heteroatoms. The number of hydrogen-bond donors (Lipinski definition) is 0. The number of pyridine rings is 1. The summed E-state index contributed by atoms with van der Waals surface area (Å²) in [6.07, 6.45) is 1.90. The van der Waals surface area contributed by atoms with E-state index in [0.717, 1.165) is 55.9 Å². The Labute approximate surface area is 366 Å². The number of para-hydroxylation sites is 3. The fraction of sp³-hybridized carbons (Fsp3) is 0.111. The van der Waals surface area contributed by atoms with Gasteiger partial charge < -0.3 is 19.1 Å². The number of anilines is 4. The summed E-state index contributed by atoms with van der Waals surface area (Å²) in [5, 5.41) is 2.24. The molecule has 0 fully saturated rings. The second-order valence-electron chi connectivity index (χ2n) is 16.4. The molecule has 1 aliphatic heterocycles. The molecule has 60 heavy (non-hydrogen) atoms. The summed E-state index contributed by atoms with van der Waals surface area (Å²) in [6, 6.07) is 62.8. The first-order valence-electron chi connectivity index (χ1n) is 20.1. The van der Waals surface area contributed by atoms with Crippen molar-refractivity contribution in [1.29, 1.82) is 0 Å². The number of aryl methyl sites for hydroxylation is 2. The average molecular weight is 959 g/mol. The molecule has 0 N–H and O–H groups in total. The molecular weight excluding hydrogens is 916 g/mol. The molecule has 2 aromatic heterocycles. The van der Waals surface area contributed by atoms with Gasteiger partial charge in [-0.15, -0.1) is 48.1 Å². The third-order valence-corrected chi connectivity index (χ3v) is 11.1. The van der Waals surface area contributed by atoms with Crippen molar-refractivity contribution in [3.8, 4) is 39.6 Å². The number of benzene rings is 7. The topological polar surface area (TPSA) is 33.5 Å². The van der Waals surface area contributed by atoms with E-state index in [0.29, 0.717) is 11.5 Å². The smallest absolute Gasteiger partial charge is 0.135 e. The molecule has 0 saturated heterocycles. The first-order valence-corrected chi connectivity index (χ1v) is 20.1. The first-order chi connectivity index (χ1) is 28.7. The second kappa shape index (κ2) is 15.6. The van der Waals surface area contributed by atoms with E-state index >= 15 is 0 Å². The van der Waals surface area contributed by atoms with E-state index in [1.165, 1.54) is 33.4 Å². The summed E-state index contributed by atoms with van der Waals surface area (Å²) < 4.78 is 8.79. The van der Waals surface area contributed by atoms with E-state index in [1.54, 1.807) is 0 Å². The molecule has 7 aromatic carbocycles. The molecule has 0 bridgehead atoms. The van der Waals surface area contributed by atoms with E-state index in [4.69, 9.17) is 9.72 Å². The van der Waals surface area contributed by atoms with E-state index in [2.05, 4.69) is 207 Å². The maximum absolute atomic E-state index is 6.60. The second-order valence-corrected chi connectivity index (χ2v) is 16.4. The van der Waals surface area contributed by atoms with E-state index in [-0.39, 0.29) is 26.5 Å². The number of ether oxygens (including phenoxy) is 1. The molecule has 298 valence electrons. The van der Waals surface area contributed by atoms with Crippen molar-refractivity contribution in [2.24, 2.45) is 0 Å². The number of aromatic nitrogens is 2. The van der Waals surface area contributed by atoms with Gasteiger partial charge in [-0.05, 0) is 101 Å². The minimum absolute atomic E-state index is 0. The minimum Gasteiger partial charge on any atom is -0.509 e. The zero-order chi connectivity index (χ0) is 40.3. The predicted octanol–water partition coefficient (Wildman–Crippen LogP) is 14.2. The van der Waals surface area contributed by atoms with Gasteiger partial charge in [-0.3, -0.25) is 0 Å². The number of fused-ring (bicyclic) bond motifs is 4. The van der Waals surface area contributed by atoms with Gasteiger partial charge in [0.25, 0.3) is 0 Å². The van der Waals surface area contributed by atoms with Gasteiger partial charge in [-0.2, -0.15) is 12.1 Å². The first kappa shape index (κ1) is 39.1. The van der Waals surface area contributed by atoms with Crippen LogP contribution in [0.2, 0.25) is 0 Å². The Morgan fingerprint density at radius 2 is 1.23 bits per heavy atom. The predicted molar refractivity (Wildman–Crippen MR) is 243 cm³/mol. The fourth-order valence-corrected chi connectivity index (χ4v) is 8.30. The van der Waals surface area contributed by atoms with Gasteiger partial charge >= 0.3 is 0 Å². The Morgan fingerprint density at radius 3 is 2.00 bits per heavy atom. The van der Waals surface area contributed by atoms with Crippen LogP contribution >= 0.6 is 0 Å². The van der Waals surface area contributed by atoms with Crippen LogP contribution in [0.25, 0.3) is 49.9 Å². The van der Waals surface area contributed by atoms with Gasteiger partial charge in [0.1, 0.15) is 5.82 Å². The van der Waals surface area contributed by atoms with Crippen molar-refractivity contribution in [2.75, 3.05) is 9.80 Å². The van der Waals surface area contributed by atoms with E-state index < -0.39 is 0 Å². The molecule has 5 nitrogen and oxygen atoms in total. The quantitative estimate of drug-likeness (QED) is 0.149. The van der Waals surface area contributed by atoms with Crippen LogP contribution in [0, 0.1) is 32.6 Å². The van der Waals surface area contributed by atoms with Crippen LogP contribution in [0.4, 0.5) is 22.7 Å². The molecule has 3 heterocycles. The van der Waals surface area contributed by atoms with E-state index in [1.807, 2.05) is 24.4 Å². The maximum Gasteiger partial charge on any atom is 0.135 e. The molecule has 1 aliphatic rings. The van der Waals surface area contributed by atoms with Crippen LogP contribution in [0.3, 0.4) is 0 Å². The van der Waals surface area contributed by atoms with Gasteiger partial charge in [0.15, 0.2) is 0 Å². The molecule has 9 aromatic rings. The molecule has 0 aliphatic carbocycles. The van der Waals surface area contributed by atoms with Crippen LogP contribution in [-0.4, -0.2) is 9.55 Å². The summed E-state index contributed by atoms with van der Waals surface area (Å²) in [7, 11) is 0. The van der Waals surface area contributed by atoms with Gasteiger partial charge in [0, 0.05) is 61.3 Å². The van der Waals surface area contributed by atoms with Gasteiger partial charge in [-0.25, -0.2) is 4.98 Å². The van der Waals surface area contributed by atoms with Crippen molar-refractivity contribution >= 4 is 44.6 Å². The van der Waals surface area contributed by atoms with Crippen LogP contribution in [0.5, 0.6) is 11.5 Å². The van der Waals surface area contributed by atoms with Crippen molar-refractivity contribution < 1.29 is 25.8 Å². The van der Waals surface area contributed by atoms with Gasteiger partial charge in [0.2, 0.25) is 0 Å². The molecule has 0 radical (unpaired) electrons. The SMILES string of the molecule is Cc1cc(C)cc(-c2cc(-c3ccccc3)cc(N3[CH-]N(c4[c-]c(Oc5[c-]c6c(cc5)c5ccccc5n6-c5cc(C(C)(C)C)ccn5)ccc4)c4ccccc43)c2)c1.[Pt]. The van der Waals surface area contributed by atoms with Crippen LogP contribution in [0.1, 0.15) is 37.5 Å². The summed E-state index contributed by atoms with van der Waals surface area (Å²) in [6.45, 7) is 13.2. The van der Waals surface area contributed by atoms with Crippen LogP contribution in [0.15, 0.2) is 164 Å². The molecule has 0 unspecified atom stereocenters. The summed E-state index contributed by atoms with van der Waals surface area (Å²) in [5.41, 5.74) is 14.5. The molecule has 0 amide bonds. The van der Waals surface area contributed by atoms with Crippen molar-refractivity contribution in [1.82, 2.24) is 9.55 Å². The zero-order valence-electron chi connectivity index (χ0n) is 34.2. The third-order valence-electron chi connectivity index (χ3n) is 11.1. The van der Waals surface area contributed by atoms with E-state index in [9.17, 15) is 0 Å². The number of nitrogens with zero attached hydrogens (tertiary/aromatic N) is 4. The Bertz CT molecular complexity index is 3020. The van der Waals surface area contributed by atoms with Crippen LogP contribution < -0.4 is 14.5 Å². The summed E-state index contributed by atoms with van der Waals surface area (Å²) in [4.78, 5) is 9.30. The van der Waals surface area contributed by atoms with Gasteiger partial charge in [-0.1, -0.05) is 116 Å². The molecule has 0 saturated carbocycles. The molecule has 0 atom stereocenters. The third kappa shape index (κ3) is 7.29. The standard InChI is InChI=1S/C54H43N4O.Pt/c1-36-26-37(2)28-39(27-36)41-29-40(38-14-7-6-8-15-38)30-44(31-41)57-35-56(50-20-11-12-21-51(50)57)43-16-13-17-45(33-43)59-46-22-23-48-47-18-9-10-19-49(47)58(52(48)34-46)53-32-42(24-25-55-53)54(3,4)5;/h6-32,35H,1-5H3;/q-3;. The molecule has 0 spiro atoms. The van der Waals surface area contributed by atoms with Gasteiger partial charge in [0.05, 0.1) is 0 Å². The Balaban J connectivity index is 0.00000462. The fourth-order valence-electron chi connectivity index (χ4n) is 8.30. The number of rotatable bonds is 7. The largest absolute Gasteiger partial charge is 0.509 e. The minimum atomic E-state index is -0.0185. The zero-order valence-corrected chi connectivity index (χ0v) is 36.5. The summed E-state index contributed by atoms with van der Waals surface area (Å²) in [5.74, 6) is 2.06.